The SMILES string of the molecule is c1ccc(C2CCN(c3nnc(N4CCN(C5CCCC5)CC4)s3)CC2)cc1. The highest BCUT2D eigenvalue weighted by atomic mass is 32.1. The van der Waals surface area contributed by atoms with E-state index in [1.807, 2.05) is 0 Å². The smallest absolute Gasteiger partial charge is 0.210 e. The summed E-state index contributed by atoms with van der Waals surface area (Å²) in [6.45, 7) is 6.74. The maximum Gasteiger partial charge on any atom is 0.210 e. The summed E-state index contributed by atoms with van der Waals surface area (Å²) in [6, 6.07) is 11.8. The first-order chi connectivity index (χ1) is 13.9. The number of benzene rings is 1. The highest BCUT2D eigenvalue weighted by Crippen LogP contribution is 2.34. The van der Waals surface area contributed by atoms with Crippen molar-refractivity contribution in [2.75, 3.05) is 49.1 Å². The van der Waals surface area contributed by atoms with Gasteiger partial charge in [-0.15, -0.1) is 10.2 Å². The first-order valence-corrected chi connectivity index (χ1v) is 11.8. The molecule has 3 aliphatic rings. The summed E-state index contributed by atoms with van der Waals surface area (Å²) in [5, 5.41) is 11.3. The Morgan fingerprint density at radius 1 is 0.714 bits per heavy atom. The van der Waals surface area contributed by atoms with Gasteiger partial charge in [-0.1, -0.05) is 54.5 Å². The van der Waals surface area contributed by atoms with E-state index in [4.69, 9.17) is 0 Å². The van der Waals surface area contributed by atoms with Crippen LogP contribution in [-0.4, -0.2) is 60.4 Å². The number of hydrogen-bond donors (Lipinski definition) is 0. The molecule has 0 bridgehead atoms. The Hall–Kier alpha value is -1.66. The average Bonchev–Trinajstić information content (AvgIpc) is 3.47. The summed E-state index contributed by atoms with van der Waals surface area (Å²) in [5.41, 5.74) is 1.49. The van der Waals surface area contributed by atoms with Gasteiger partial charge in [0.15, 0.2) is 0 Å². The van der Waals surface area contributed by atoms with Crippen molar-refractivity contribution in [3.8, 4) is 0 Å². The van der Waals surface area contributed by atoms with Gasteiger partial charge in [-0.2, -0.15) is 0 Å². The largest absolute Gasteiger partial charge is 0.347 e. The van der Waals surface area contributed by atoms with E-state index in [2.05, 4.69) is 55.2 Å². The van der Waals surface area contributed by atoms with E-state index in [0.29, 0.717) is 5.92 Å². The Morgan fingerprint density at radius 3 is 1.96 bits per heavy atom. The number of rotatable bonds is 4. The molecule has 2 saturated heterocycles. The summed E-state index contributed by atoms with van der Waals surface area (Å²) in [6.07, 6.45) is 8.07. The van der Waals surface area contributed by atoms with Crippen molar-refractivity contribution >= 4 is 21.6 Å². The van der Waals surface area contributed by atoms with E-state index >= 15 is 0 Å². The van der Waals surface area contributed by atoms with Crippen LogP contribution in [0.3, 0.4) is 0 Å². The van der Waals surface area contributed by atoms with Crippen molar-refractivity contribution in [3.63, 3.8) is 0 Å². The first-order valence-electron chi connectivity index (χ1n) is 11.0. The van der Waals surface area contributed by atoms with Gasteiger partial charge >= 0.3 is 0 Å². The summed E-state index contributed by atoms with van der Waals surface area (Å²) < 4.78 is 0. The highest BCUT2D eigenvalue weighted by Gasteiger charge is 2.28. The van der Waals surface area contributed by atoms with Gasteiger partial charge in [0.05, 0.1) is 0 Å². The minimum atomic E-state index is 0.688. The Bertz CT molecular complexity index is 741. The summed E-state index contributed by atoms with van der Waals surface area (Å²) in [7, 11) is 0. The third-order valence-electron chi connectivity index (χ3n) is 6.87. The lowest BCUT2D eigenvalue weighted by Gasteiger charge is -2.37. The quantitative estimate of drug-likeness (QED) is 0.780. The Balaban J connectivity index is 1.15. The lowest BCUT2D eigenvalue weighted by atomic mass is 9.90. The van der Waals surface area contributed by atoms with Gasteiger partial charge in [0.25, 0.3) is 0 Å². The van der Waals surface area contributed by atoms with Crippen LogP contribution in [0.25, 0.3) is 0 Å². The standard InChI is InChI=1S/C22H31N5S/c1-2-6-18(7-3-1)19-10-12-26(13-11-19)21-23-24-22(28-21)27-16-14-25(15-17-27)20-8-4-5-9-20/h1-3,6-7,19-20H,4-5,8-17H2. The molecule has 1 aromatic carbocycles. The van der Waals surface area contributed by atoms with Gasteiger partial charge in [-0.3, -0.25) is 4.90 Å². The fourth-order valence-corrected chi connectivity index (χ4v) is 6.09. The van der Waals surface area contributed by atoms with E-state index in [-0.39, 0.29) is 0 Å². The fraction of sp³-hybridized carbons (Fsp3) is 0.636. The van der Waals surface area contributed by atoms with Gasteiger partial charge in [-0.05, 0) is 37.2 Å². The molecule has 3 heterocycles. The molecule has 150 valence electrons. The normalized spacial score (nSPS) is 22.9. The predicted octanol–water partition coefficient (Wildman–Crippen LogP) is 3.99. The van der Waals surface area contributed by atoms with Crippen molar-refractivity contribution in [3.05, 3.63) is 35.9 Å². The molecule has 1 aliphatic carbocycles. The Kier molecular flexibility index (Phi) is 5.50. The zero-order valence-corrected chi connectivity index (χ0v) is 17.5. The Morgan fingerprint density at radius 2 is 1.32 bits per heavy atom. The molecule has 0 atom stereocenters. The number of anilines is 2. The number of aromatic nitrogens is 2. The third kappa shape index (κ3) is 3.90. The van der Waals surface area contributed by atoms with Crippen LogP contribution in [0, 0.1) is 0 Å². The number of nitrogens with zero attached hydrogens (tertiary/aromatic N) is 5. The zero-order chi connectivity index (χ0) is 18.8. The molecule has 3 fully saturated rings. The summed E-state index contributed by atoms with van der Waals surface area (Å²) >= 11 is 1.79. The van der Waals surface area contributed by atoms with Gasteiger partial charge < -0.3 is 9.80 Å². The number of hydrogen-bond acceptors (Lipinski definition) is 6. The van der Waals surface area contributed by atoms with Gasteiger partial charge in [-0.25, -0.2) is 0 Å². The van der Waals surface area contributed by atoms with Crippen molar-refractivity contribution in [2.24, 2.45) is 0 Å². The van der Waals surface area contributed by atoms with Crippen molar-refractivity contribution < 1.29 is 0 Å². The van der Waals surface area contributed by atoms with Crippen molar-refractivity contribution in [2.45, 2.75) is 50.5 Å². The second-order valence-electron chi connectivity index (χ2n) is 8.50. The second-order valence-corrected chi connectivity index (χ2v) is 9.43. The molecule has 6 heteroatoms. The topological polar surface area (TPSA) is 35.5 Å². The van der Waals surface area contributed by atoms with E-state index < -0.39 is 0 Å². The van der Waals surface area contributed by atoms with E-state index in [1.165, 1.54) is 57.2 Å². The minimum absolute atomic E-state index is 0.688. The van der Waals surface area contributed by atoms with Crippen molar-refractivity contribution in [1.29, 1.82) is 0 Å². The van der Waals surface area contributed by atoms with E-state index in [9.17, 15) is 0 Å². The summed E-state index contributed by atoms with van der Waals surface area (Å²) in [4.78, 5) is 7.60. The number of piperidine rings is 1. The molecule has 5 nitrogen and oxygen atoms in total. The molecule has 0 spiro atoms. The molecule has 5 rings (SSSR count). The molecule has 2 aromatic rings. The lowest BCUT2D eigenvalue weighted by molar-refractivity contribution is 0.187. The van der Waals surface area contributed by atoms with Crippen LogP contribution < -0.4 is 9.80 Å². The van der Waals surface area contributed by atoms with Crippen molar-refractivity contribution in [1.82, 2.24) is 15.1 Å². The van der Waals surface area contributed by atoms with E-state index in [0.717, 1.165) is 42.5 Å². The monoisotopic (exact) mass is 397 g/mol. The van der Waals surface area contributed by atoms with Crippen LogP contribution in [0.1, 0.15) is 50.0 Å². The number of piperazine rings is 1. The molecule has 1 saturated carbocycles. The minimum Gasteiger partial charge on any atom is -0.347 e. The van der Waals surface area contributed by atoms with Gasteiger partial charge in [0.1, 0.15) is 0 Å². The maximum absolute atomic E-state index is 4.55. The second kappa shape index (κ2) is 8.37. The molecule has 0 amide bonds. The maximum atomic E-state index is 4.55. The van der Waals surface area contributed by atoms with Crippen LogP contribution >= 0.6 is 11.3 Å². The van der Waals surface area contributed by atoms with Crippen LogP contribution in [0.5, 0.6) is 0 Å². The molecule has 28 heavy (non-hydrogen) atoms. The van der Waals surface area contributed by atoms with Gasteiger partial charge in [0, 0.05) is 45.3 Å². The first kappa shape index (κ1) is 18.4. The molecule has 0 radical (unpaired) electrons. The molecule has 0 unspecified atom stereocenters. The lowest BCUT2D eigenvalue weighted by Crippen LogP contribution is -2.49. The Labute approximate surface area is 172 Å². The summed E-state index contributed by atoms with van der Waals surface area (Å²) in [5.74, 6) is 0.688. The predicted molar refractivity (Wildman–Crippen MR) is 117 cm³/mol. The van der Waals surface area contributed by atoms with Crippen LogP contribution in [0.2, 0.25) is 0 Å². The highest BCUT2D eigenvalue weighted by molar-refractivity contribution is 7.19. The zero-order valence-electron chi connectivity index (χ0n) is 16.7. The van der Waals surface area contributed by atoms with Crippen LogP contribution in [0.4, 0.5) is 10.3 Å². The fourth-order valence-electron chi connectivity index (χ4n) is 5.14. The molecular formula is C22H31N5S. The molecule has 0 N–H and O–H groups in total. The van der Waals surface area contributed by atoms with E-state index in [1.54, 1.807) is 11.3 Å². The third-order valence-corrected chi connectivity index (χ3v) is 7.91. The molecular weight excluding hydrogens is 366 g/mol. The van der Waals surface area contributed by atoms with Gasteiger partial charge in [0.2, 0.25) is 10.3 Å². The van der Waals surface area contributed by atoms with Crippen LogP contribution in [0.15, 0.2) is 30.3 Å². The average molecular weight is 398 g/mol. The van der Waals surface area contributed by atoms with Crippen LogP contribution in [-0.2, 0) is 0 Å². The molecule has 2 aliphatic heterocycles. The molecule has 1 aromatic heterocycles.